The van der Waals surface area contributed by atoms with E-state index in [2.05, 4.69) is 30.8 Å². The van der Waals surface area contributed by atoms with Gasteiger partial charge in [0.05, 0.1) is 0 Å². The molecule has 2 heterocycles. The summed E-state index contributed by atoms with van der Waals surface area (Å²) in [4.78, 5) is 11.4. The molecule has 1 aromatic heterocycles. The van der Waals surface area contributed by atoms with E-state index >= 15 is 0 Å². The van der Waals surface area contributed by atoms with Crippen LogP contribution in [0.4, 0.5) is 5.82 Å². The van der Waals surface area contributed by atoms with E-state index < -0.39 is 0 Å². The van der Waals surface area contributed by atoms with Gasteiger partial charge in [0.1, 0.15) is 12.1 Å². The third kappa shape index (κ3) is 2.19. The average Bonchev–Trinajstić information content (AvgIpc) is 2.87. The Kier molecular flexibility index (Phi) is 3.32. The topological polar surface area (TPSA) is 29.0 Å². The molecule has 0 bridgehead atoms. The molecule has 1 fully saturated rings. The van der Waals surface area contributed by atoms with E-state index in [1.54, 1.807) is 6.33 Å². The molecule has 0 atom stereocenters. The highest BCUT2D eigenvalue weighted by Crippen LogP contribution is 2.30. The predicted octanol–water partition coefficient (Wildman–Crippen LogP) is 2.58. The summed E-state index contributed by atoms with van der Waals surface area (Å²) in [6, 6.07) is 0. The molecule has 1 aliphatic heterocycles. The van der Waals surface area contributed by atoms with Crippen LogP contribution in [0.15, 0.2) is 6.33 Å². The summed E-state index contributed by atoms with van der Waals surface area (Å²) in [5.41, 5.74) is 2.71. The SMILES string of the molecule is BrCC1CCN(c2ncnc3c2CCC3)CC1. The van der Waals surface area contributed by atoms with Crippen molar-refractivity contribution < 1.29 is 0 Å². The minimum Gasteiger partial charge on any atom is -0.356 e. The lowest BCUT2D eigenvalue weighted by atomic mass is 9.99. The van der Waals surface area contributed by atoms with Crippen LogP contribution in [0.3, 0.4) is 0 Å². The molecule has 3 nitrogen and oxygen atoms in total. The van der Waals surface area contributed by atoms with Gasteiger partial charge in [-0.15, -0.1) is 0 Å². The molecule has 2 aliphatic rings. The Morgan fingerprint density at radius 3 is 2.82 bits per heavy atom. The Morgan fingerprint density at radius 1 is 1.24 bits per heavy atom. The van der Waals surface area contributed by atoms with Gasteiger partial charge in [0, 0.05) is 29.7 Å². The first kappa shape index (κ1) is 11.5. The summed E-state index contributed by atoms with van der Waals surface area (Å²) in [6.45, 7) is 2.30. The molecule has 1 aliphatic carbocycles. The van der Waals surface area contributed by atoms with Crippen molar-refractivity contribution in [1.82, 2.24) is 9.97 Å². The van der Waals surface area contributed by atoms with Gasteiger partial charge in [0.25, 0.3) is 0 Å². The molecule has 4 heteroatoms. The third-order valence-corrected chi connectivity index (χ3v) is 4.90. The van der Waals surface area contributed by atoms with Gasteiger partial charge >= 0.3 is 0 Å². The maximum Gasteiger partial charge on any atom is 0.135 e. The van der Waals surface area contributed by atoms with Crippen LogP contribution in [0.25, 0.3) is 0 Å². The number of hydrogen-bond acceptors (Lipinski definition) is 3. The van der Waals surface area contributed by atoms with Crippen molar-refractivity contribution in [2.24, 2.45) is 5.92 Å². The van der Waals surface area contributed by atoms with E-state index in [4.69, 9.17) is 0 Å². The molecule has 1 aromatic rings. The highest BCUT2D eigenvalue weighted by molar-refractivity contribution is 9.09. The van der Waals surface area contributed by atoms with Crippen LogP contribution >= 0.6 is 15.9 Å². The number of anilines is 1. The first-order chi connectivity index (χ1) is 8.38. The number of piperidine rings is 1. The van der Waals surface area contributed by atoms with Gasteiger partial charge in [-0.2, -0.15) is 0 Å². The predicted molar refractivity (Wildman–Crippen MR) is 72.8 cm³/mol. The van der Waals surface area contributed by atoms with Crippen LogP contribution in [0.2, 0.25) is 0 Å². The summed E-state index contributed by atoms with van der Waals surface area (Å²) in [7, 11) is 0. The Labute approximate surface area is 111 Å². The van der Waals surface area contributed by atoms with E-state index in [9.17, 15) is 0 Å². The molecule has 0 saturated carbocycles. The van der Waals surface area contributed by atoms with Gasteiger partial charge in [-0.05, 0) is 38.0 Å². The summed E-state index contributed by atoms with van der Waals surface area (Å²) in [5, 5.41) is 1.14. The molecule has 92 valence electrons. The highest BCUT2D eigenvalue weighted by atomic mass is 79.9. The second-order valence-electron chi connectivity index (χ2n) is 5.06. The largest absolute Gasteiger partial charge is 0.356 e. The number of aryl methyl sites for hydroxylation is 1. The van der Waals surface area contributed by atoms with Crippen LogP contribution in [0.1, 0.15) is 30.5 Å². The fourth-order valence-electron chi connectivity index (χ4n) is 2.91. The number of halogens is 1. The average molecular weight is 296 g/mol. The molecule has 0 unspecified atom stereocenters. The van der Waals surface area contributed by atoms with Crippen molar-refractivity contribution in [3.05, 3.63) is 17.6 Å². The number of fused-ring (bicyclic) bond motifs is 1. The van der Waals surface area contributed by atoms with Crippen molar-refractivity contribution >= 4 is 21.7 Å². The molecule has 0 N–H and O–H groups in total. The van der Waals surface area contributed by atoms with Crippen LogP contribution < -0.4 is 4.90 Å². The molecule has 0 amide bonds. The molecular weight excluding hydrogens is 278 g/mol. The smallest absolute Gasteiger partial charge is 0.135 e. The van der Waals surface area contributed by atoms with Gasteiger partial charge < -0.3 is 4.90 Å². The maximum atomic E-state index is 4.53. The Hall–Kier alpha value is -0.640. The lowest BCUT2D eigenvalue weighted by Crippen LogP contribution is -2.35. The van der Waals surface area contributed by atoms with Crippen molar-refractivity contribution in [2.75, 3.05) is 23.3 Å². The van der Waals surface area contributed by atoms with E-state index in [0.717, 1.165) is 30.8 Å². The van der Waals surface area contributed by atoms with Crippen LogP contribution in [-0.4, -0.2) is 28.4 Å². The van der Waals surface area contributed by atoms with Crippen molar-refractivity contribution in [3.8, 4) is 0 Å². The molecule has 0 aromatic carbocycles. The number of nitrogens with zero attached hydrogens (tertiary/aromatic N) is 3. The van der Waals surface area contributed by atoms with Crippen molar-refractivity contribution in [1.29, 1.82) is 0 Å². The quantitative estimate of drug-likeness (QED) is 0.786. The summed E-state index contributed by atoms with van der Waals surface area (Å²) < 4.78 is 0. The molecule has 1 saturated heterocycles. The number of hydrogen-bond donors (Lipinski definition) is 0. The molecule has 3 rings (SSSR count). The van der Waals surface area contributed by atoms with Crippen LogP contribution in [0, 0.1) is 5.92 Å². The summed E-state index contributed by atoms with van der Waals surface area (Å²) >= 11 is 3.59. The monoisotopic (exact) mass is 295 g/mol. The minimum atomic E-state index is 0.848. The van der Waals surface area contributed by atoms with Gasteiger partial charge in [-0.25, -0.2) is 9.97 Å². The first-order valence-electron chi connectivity index (χ1n) is 6.52. The molecule has 17 heavy (non-hydrogen) atoms. The zero-order valence-electron chi connectivity index (χ0n) is 10.0. The lowest BCUT2D eigenvalue weighted by Gasteiger charge is -2.33. The van der Waals surface area contributed by atoms with E-state index in [1.807, 2.05) is 0 Å². The normalized spacial score (nSPS) is 20.6. The number of alkyl halides is 1. The maximum absolute atomic E-state index is 4.53. The van der Waals surface area contributed by atoms with Gasteiger partial charge in [0.2, 0.25) is 0 Å². The Bertz CT molecular complexity index is 400. The van der Waals surface area contributed by atoms with Gasteiger partial charge in [-0.1, -0.05) is 15.9 Å². The summed E-state index contributed by atoms with van der Waals surface area (Å²) in [6.07, 6.45) is 7.87. The fraction of sp³-hybridized carbons (Fsp3) is 0.692. The van der Waals surface area contributed by atoms with Gasteiger partial charge in [0.15, 0.2) is 0 Å². The van der Waals surface area contributed by atoms with Crippen molar-refractivity contribution in [3.63, 3.8) is 0 Å². The summed E-state index contributed by atoms with van der Waals surface area (Å²) in [5.74, 6) is 2.07. The Morgan fingerprint density at radius 2 is 2.06 bits per heavy atom. The van der Waals surface area contributed by atoms with E-state index in [1.165, 1.54) is 42.8 Å². The number of rotatable bonds is 2. The van der Waals surface area contributed by atoms with E-state index in [0.29, 0.717) is 0 Å². The second-order valence-corrected chi connectivity index (χ2v) is 5.71. The molecule has 0 spiro atoms. The van der Waals surface area contributed by atoms with E-state index in [-0.39, 0.29) is 0 Å². The lowest BCUT2D eigenvalue weighted by molar-refractivity contribution is 0.444. The Balaban J connectivity index is 1.79. The first-order valence-corrected chi connectivity index (χ1v) is 7.64. The molecule has 0 radical (unpaired) electrons. The van der Waals surface area contributed by atoms with Gasteiger partial charge in [-0.3, -0.25) is 0 Å². The number of aromatic nitrogens is 2. The standard InChI is InChI=1S/C13H18BrN3/c14-8-10-4-6-17(7-5-10)13-11-2-1-3-12(11)15-9-16-13/h9-10H,1-8H2. The minimum absolute atomic E-state index is 0.848. The zero-order chi connectivity index (χ0) is 11.7. The third-order valence-electron chi connectivity index (χ3n) is 3.98. The zero-order valence-corrected chi connectivity index (χ0v) is 11.6. The van der Waals surface area contributed by atoms with Crippen molar-refractivity contribution in [2.45, 2.75) is 32.1 Å². The van der Waals surface area contributed by atoms with Crippen LogP contribution in [-0.2, 0) is 12.8 Å². The second kappa shape index (κ2) is 4.92. The highest BCUT2D eigenvalue weighted by Gasteiger charge is 2.24. The van der Waals surface area contributed by atoms with Crippen LogP contribution in [0.5, 0.6) is 0 Å². The molecular formula is C13H18BrN3. The fourth-order valence-corrected chi connectivity index (χ4v) is 3.56.